The summed E-state index contributed by atoms with van der Waals surface area (Å²) >= 11 is 5.25. The normalized spacial score (nSPS) is 10.7. The molecule has 0 fully saturated rings. The number of benzene rings is 1. The van der Waals surface area contributed by atoms with Gasteiger partial charge in [0.25, 0.3) is 0 Å². The molecule has 2 rings (SSSR count). The molecule has 0 amide bonds. The average molecular weight is 354 g/mol. The highest BCUT2D eigenvalue weighted by Crippen LogP contribution is 2.21. The van der Waals surface area contributed by atoms with E-state index in [2.05, 4.69) is 64.6 Å². The topological polar surface area (TPSA) is 21.3 Å². The summed E-state index contributed by atoms with van der Waals surface area (Å²) in [7, 11) is 0. The lowest BCUT2D eigenvalue weighted by molar-refractivity contribution is 0.309. The molecular formula is C16H20BrNOS. The van der Waals surface area contributed by atoms with E-state index in [0.29, 0.717) is 0 Å². The predicted molar refractivity (Wildman–Crippen MR) is 89.4 cm³/mol. The van der Waals surface area contributed by atoms with Crippen molar-refractivity contribution < 1.29 is 4.74 Å². The van der Waals surface area contributed by atoms with E-state index in [1.165, 1.54) is 20.6 Å². The summed E-state index contributed by atoms with van der Waals surface area (Å²) in [5, 5.41) is 3.45. The fourth-order valence-corrected chi connectivity index (χ4v) is 3.27. The van der Waals surface area contributed by atoms with E-state index >= 15 is 0 Å². The van der Waals surface area contributed by atoms with E-state index in [-0.39, 0.29) is 0 Å². The second-order valence-electron chi connectivity index (χ2n) is 4.66. The van der Waals surface area contributed by atoms with Gasteiger partial charge in [0.1, 0.15) is 5.75 Å². The highest BCUT2D eigenvalue weighted by molar-refractivity contribution is 9.11. The number of nitrogens with one attached hydrogen (secondary N) is 1. The van der Waals surface area contributed by atoms with Crippen molar-refractivity contribution in [3.63, 3.8) is 0 Å². The molecular weight excluding hydrogens is 334 g/mol. The third-order valence-electron chi connectivity index (χ3n) is 2.95. The van der Waals surface area contributed by atoms with Crippen LogP contribution < -0.4 is 10.1 Å². The van der Waals surface area contributed by atoms with Gasteiger partial charge in [0, 0.05) is 18.0 Å². The van der Waals surface area contributed by atoms with Crippen LogP contribution in [0.3, 0.4) is 0 Å². The third kappa shape index (κ3) is 5.27. The largest absolute Gasteiger partial charge is 0.494 e. The fourth-order valence-electron chi connectivity index (χ4n) is 1.81. The standard InChI is InChI=1S/C16H20BrNOS/c1-2-3-10-19-14-6-4-13(5-7-14)11-18-12-15-8-9-16(17)20-15/h4-9,18H,2-3,10-12H2,1H3. The smallest absolute Gasteiger partial charge is 0.119 e. The van der Waals surface area contributed by atoms with Crippen molar-refractivity contribution in [2.24, 2.45) is 0 Å². The maximum absolute atomic E-state index is 5.65. The second kappa shape index (κ2) is 8.45. The van der Waals surface area contributed by atoms with Crippen molar-refractivity contribution in [3.05, 3.63) is 50.6 Å². The molecule has 0 aliphatic heterocycles. The first-order valence-electron chi connectivity index (χ1n) is 6.94. The van der Waals surface area contributed by atoms with Crippen LogP contribution in [0.2, 0.25) is 0 Å². The second-order valence-corrected chi connectivity index (χ2v) is 7.20. The van der Waals surface area contributed by atoms with Gasteiger partial charge >= 0.3 is 0 Å². The molecule has 0 aliphatic carbocycles. The van der Waals surface area contributed by atoms with Gasteiger partial charge in [0.05, 0.1) is 10.4 Å². The number of hydrogen-bond donors (Lipinski definition) is 1. The molecule has 108 valence electrons. The van der Waals surface area contributed by atoms with E-state index in [1.54, 1.807) is 11.3 Å². The molecule has 0 saturated heterocycles. The van der Waals surface area contributed by atoms with Crippen LogP contribution in [0.25, 0.3) is 0 Å². The summed E-state index contributed by atoms with van der Waals surface area (Å²) in [5.74, 6) is 0.962. The summed E-state index contributed by atoms with van der Waals surface area (Å²) < 4.78 is 6.84. The number of unbranched alkanes of at least 4 members (excludes halogenated alkanes) is 1. The Morgan fingerprint density at radius 3 is 2.55 bits per heavy atom. The van der Waals surface area contributed by atoms with Gasteiger partial charge in [-0.25, -0.2) is 0 Å². The van der Waals surface area contributed by atoms with Crippen LogP contribution in [0.1, 0.15) is 30.2 Å². The highest BCUT2D eigenvalue weighted by Gasteiger charge is 1.99. The number of halogens is 1. The first kappa shape index (κ1) is 15.5. The molecule has 2 aromatic rings. The fraction of sp³-hybridized carbons (Fsp3) is 0.375. The molecule has 1 aromatic carbocycles. The van der Waals surface area contributed by atoms with Crippen molar-refractivity contribution >= 4 is 27.3 Å². The minimum Gasteiger partial charge on any atom is -0.494 e. The van der Waals surface area contributed by atoms with Gasteiger partial charge in [0.2, 0.25) is 0 Å². The molecule has 1 aromatic heterocycles. The molecule has 1 N–H and O–H groups in total. The van der Waals surface area contributed by atoms with E-state index in [0.717, 1.165) is 31.9 Å². The number of thiophene rings is 1. The molecule has 0 atom stereocenters. The predicted octanol–water partition coefficient (Wildman–Crippen LogP) is 4.98. The lowest BCUT2D eigenvalue weighted by Gasteiger charge is -2.07. The van der Waals surface area contributed by atoms with Crippen LogP contribution in [-0.2, 0) is 13.1 Å². The molecule has 0 unspecified atom stereocenters. The van der Waals surface area contributed by atoms with E-state index in [1.807, 2.05) is 0 Å². The molecule has 0 aliphatic rings. The first-order valence-corrected chi connectivity index (χ1v) is 8.55. The van der Waals surface area contributed by atoms with Gasteiger partial charge < -0.3 is 10.1 Å². The zero-order chi connectivity index (χ0) is 14.2. The number of ether oxygens (including phenoxy) is 1. The Morgan fingerprint density at radius 1 is 1.10 bits per heavy atom. The zero-order valence-corrected chi connectivity index (χ0v) is 14.1. The molecule has 2 nitrogen and oxygen atoms in total. The number of rotatable bonds is 8. The molecule has 20 heavy (non-hydrogen) atoms. The Morgan fingerprint density at radius 2 is 1.90 bits per heavy atom. The minimum atomic E-state index is 0.807. The molecule has 4 heteroatoms. The summed E-state index contributed by atoms with van der Waals surface area (Å²) in [6.45, 7) is 4.77. The SMILES string of the molecule is CCCCOc1ccc(CNCc2ccc(Br)s2)cc1. The van der Waals surface area contributed by atoms with E-state index in [4.69, 9.17) is 4.74 Å². The Labute approximate surface area is 133 Å². The third-order valence-corrected chi connectivity index (χ3v) is 4.57. The van der Waals surface area contributed by atoms with Crippen LogP contribution >= 0.6 is 27.3 Å². The van der Waals surface area contributed by atoms with Gasteiger partial charge in [-0.2, -0.15) is 0 Å². The minimum absolute atomic E-state index is 0.807. The van der Waals surface area contributed by atoms with Gasteiger partial charge in [-0.05, 0) is 52.2 Å². The summed E-state index contributed by atoms with van der Waals surface area (Å²) in [6.07, 6.45) is 2.28. The van der Waals surface area contributed by atoms with Crippen molar-refractivity contribution in [1.82, 2.24) is 5.32 Å². The van der Waals surface area contributed by atoms with E-state index < -0.39 is 0 Å². The van der Waals surface area contributed by atoms with Crippen LogP contribution in [0.4, 0.5) is 0 Å². The van der Waals surface area contributed by atoms with Crippen molar-refractivity contribution in [1.29, 1.82) is 0 Å². The molecule has 0 radical (unpaired) electrons. The summed E-state index contributed by atoms with van der Waals surface area (Å²) in [5.41, 5.74) is 1.28. The van der Waals surface area contributed by atoms with Crippen molar-refractivity contribution in [3.8, 4) is 5.75 Å². The zero-order valence-electron chi connectivity index (χ0n) is 11.7. The maximum atomic E-state index is 5.65. The lowest BCUT2D eigenvalue weighted by atomic mass is 10.2. The Kier molecular flexibility index (Phi) is 6.57. The van der Waals surface area contributed by atoms with Crippen molar-refractivity contribution in [2.45, 2.75) is 32.9 Å². The lowest BCUT2D eigenvalue weighted by Crippen LogP contribution is -2.11. The van der Waals surface area contributed by atoms with Gasteiger partial charge in [-0.15, -0.1) is 11.3 Å². The van der Waals surface area contributed by atoms with Crippen LogP contribution in [0, 0.1) is 0 Å². The first-order chi connectivity index (χ1) is 9.78. The molecule has 0 spiro atoms. The van der Waals surface area contributed by atoms with Crippen molar-refractivity contribution in [2.75, 3.05) is 6.61 Å². The average Bonchev–Trinajstić information content (AvgIpc) is 2.87. The summed E-state index contributed by atoms with van der Waals surface area (Å²) in [6, 6.07) is 12.6. The van der Waals surface area contributed by atoms with Gasteiger partial charge in [0.15, 0.2) is 0 Å². The summed E-state index contributed by atoms with van der Waals surface area (Å²) in [4.78, 5) is 1.34. The Balaban J connectivity index is 1.73. The van der Waals surface area contributed by atoms with Gasteiger partial charge in [-0.3, -0.25) is 0 Å². The Bertz CT molecular complexity index is 509. The number of hydrogen-bond acceptors (Lipinski definition) is 3. The van der Waals surface area contributed by atoms with Crippen LogP contribution in [0.5, 0.6) is 5.75 Å². The van der Waals surface area contributed by atoms with Crippen LogP contribution in [-0.4, -0.2) is 6.61 Å². The Hall–Kier alpha value is -0.840. The van der Waals surface area contributed by atoms with E-state index in [9.17, 15) is 0 Å². The quantitative estimate of drug-likeness (QED) is 0.675. The maximum Gasteiger partial charge on any atom is 0.119 e. The monoisotopic (exact) mass is 353 g/mol. The van der Waals surface area contributed by atoms with Crippen LogP contribution in [0.15, 0.2) is 40.2 Å². The highest BCUT2D eigenvalue weighted by atomic mass is 79.9. The van der Waals surface area contributed by atoms with Gasteiger partial charge in [-0.1, -0.05) is 25.5 Å². The molecule has 1 heterocycles. The molecule has 0 bridgehead atoms. The molecule has 0 saturated carbocycles.